The van der Waals surface area contributed by atoms with Crippen molar-refractivity contribution in [3.63, 3.8) is 0 Å². The topological polar surface area (TPSA) is 71.0 Å². The molecule has 0 aliphatic heterocycles. The lowest BCUT2D eigenvalue weighted by molar-refractivity contribution is 0.350. The summed E-state index contributed by atoms with van der Waals surface area (Å²) in [6.45, 7) is 0.483. The zero-order valence-corrected chi connectivity index (χ0v) is 11.4. The van der Waals surface area contributed by atoms with Crippen LogP contribution >= 0.6 is 0 Å². The molecule has 0 aromatic heterocycles. The maximum absolute atomic E-state index is 9.61. The van der Waals surface area contributed by atoms with Gasteiger partial charge in [-0.05, 0) is 29.8 Å². The summed E-state index contributed by atoms with van der Waals surface area (Å²) in [6, 6.07) is 10.7. The van der Waals surface area contributed by atoms with Crippen LogP contribution in [-0.2, 0) is 6.54 Å². The van der Waals surface area contributed by atoms with Crippen molar-refractivity contribution in [1.29, 1.82) is 0 Å². The molecule has 0 amide bonds. The molecule has 0 fully saturated rings. The number of nitrogens with one attached hydrogen (secondary N) is 1. The van der Waals surface area contributed by atoms with Crippen molar-refractivity contribution in [1.82, 2.24) is 0 Å². The van der Waals surface area contributed by atoms with Gasteiger partial charge in [-0.15, -0.1) is 0 Å². The molecule has 0 atom stereocenters. The Morgan fingerprint density at radius 3 is 2.55 bits per heavy atom. The number of benzene rings is 2. The fourth-order valence-corrected chi connectivity index (χ4v) is 1.84. The van der Waals surface area contributed by atoms with E-state index in [1.54, 1.807) is 13.2 Å². The van der Waals surface area contributed by atoms with Crippen molar-refractivity contribution in [3.05, 3.63) is 42.0 Å². The molecule has 5 nitrogen and oxygen atoms in total. The van der Waals surface area contributed by atoms with Gasteiger partial charge in [0.15, 0.2) is 11.5 Å². The van der Waals surface area contributed by atoms with E-state index in [0.717, 1.165) is 17.0 Å². The van der Waals surface area contributed by atoms with Crippen LogP contribution in [0, 0.1) is 0 Å². The average molecular weight is 275 g/mol. The molecular weight excluding hydrogens is 258 g/mol. The van der Waals surface area contributed by atoms with E-state index in [2.05, 4.69) is 5.32 Å². The zero-order chi connectivity index (χ0) is 14.5. The van der Waals surface area contributed by atoms with Crippen molar-refractivity contribution in [2.45, 2.75) is 6.54 Å². The first-order valence-electron chi connectivity index (χ1n) is 6.11. The van der Waals surface area contributed by atoms with E-state index in [0.29, 0.717) is 6.54 Å². The Balaban J connectivity index is 2.12. The fourth-order valence-electron chi connectivity index (χ4n) is 1.84. The number of anilines is 1. The predicted octanol–water partition coefficient (Wildman–Crippen LogP) is 2.73. The molecule has 3 N–H and O–H groups in total. The molecule has 0 heterocycles. The smallest absolute Gasteiger partial charge is 0.200 e. The third-order valence-corrected chi connectivity index (χ3v) is 2.90. The second kappa shape index (κ2) is 6.06. The van der Waals surface area contributed by atoms with E-state index < -0.39 is 0 Å². The Hall–Kier alpha value is -2.56. The van der Waals surface area contributed by atoms with E-state index in [1.165, 1.54) is 13.2 Å². The van der Waals surface area contributed by atoms with Crippen LogP contribution in [-0.4, -0.2) is 24.4 Å². The molecular formula is C15H17NO4. The first kappa shape index (κ1) is 13.9. The van der Waals surface area contributed by atoms with Crippen LogP contribution in [0.3, 0.4) is 0 Å². The summed E-state index contributed by atoms with van der Waals surface area (Å²) in [5.41, 5.74) is 1.69. The van der Waals surface area contributed by atoms with Crippen LogP contribution in [0.25, 0.3) is 0 Å². The van der Waals surface area contributed by atoms with Gasteiger partial charge in [-0.3, -0.25) is 0 Å². The second-order valence-electron chi connectivity index (χ2n) is 4.25. The molecule has 0 saturated carbocycles. The lowest BCUT2D eigenvalue weighted by Gasteiger charge is -2.11. The fraction of sp³-hybridized carbons (Fsp3) is 0.200. The molecule has 0 unspecified atom stereocenters. The van der Waals surface area contributed by atoms with Crippen LogP contribution < -0.4 is 14.8 Å². The van der Waals surface area contributed by atoms with Crippen LogP contribution in [0.2, 0.25) is 0 Å². The molecule has 2 rings (SSSR count). The summed E-state index contributed by atoms with van der Waals surface area (Å²) in [7, 11) is 3.05. The summed E-state index contributed by atoms with van der Waals surface area (Å²) in [5, 5.41) is 22.4. The Labute approximate surface area is 117 Å². The van der Waals surface area contributed by atoms with Crippen molar-refractivity contribution in [2.24, 2.45) is 0 Å². The molecule has 0 bridgehead atoms. The van der Waals surface area contributed by atoms with Gasteiger partial charge < -0.3 is 25.0 Å². The molecule has 5 heteroatoms. The van der Waals surface area contributed by atoms with Crippen molar-refractivity contribution in [3.8, 4) is 23.0 Å². The monoisotopic (exact) mass is 275 g/mol. The largest absolute Gasteiger partial charge is 0.504 e. The Bertz CT molecular complexity index is 598. The molecule has 0 aliphatic rings. The van der Waals surface area contributed by atoms with Crippen molar-refractivity contribution < 1.29 is 19.7 Å². The maximum Gasteiger partial charge on any atom is 0.200 e. The molecule has 2 aromatic carbocycles. The molecule has 106 valence electrons. The zero-order valence-electron chi connectivity index (χ0n) is 11.4. The van der Waals surface area contributed by atoms with Gasteiger partial charge in [-0.1, -0.05) is 6.07 Å². The number of hydrogen-bond acceptors (Lipinski definition) is 5. The van der Waals surface area contributed by atoms with Gasteiger partial charge in [-0.25, -0.2) is 0 Å². The highest BCUT2D eigenvalue weighted by atomic mass is 16.5. The highest BCUT2D eigenvalue weighted by Gasteiger charge is 2.09. The standard InChI is InChI=1S/C15H17NO4/c1-19-12-5-3-4-11(8-12)16-9-10-6-13(17)15(18)14(7-10)20-2/h3-8,16-18H,9H2,1-2H3. The van der Waals surface area contributed by atoms with Gasteiger partial charge in [0.05, 0.1) is 14.2 Å². The van der Waals surface area contributed by atoms with Gasteiger partial charge >= 0.3 is 0 Å². The summed E-state index contributed by atoms with van der Waals surface area (Å²) in [5.74, 6) is 0.554. The summed E-state index contributed by atoms with van der Waals surface area (Å²) in [6.07, 6.45) is 0. The lowest BCUT2D eigenvalue weighted by atomic mass is 10.1. The minimum absolute atomic E-state index is 0.202. The summed E-state index contributed by atoms with van der Waals surface area (Å²) in [4.78, 5) is 0. The van der Waals surface area contributed by atoms with E-state index >= 15 is 0 Å². The van der Waals surface area contributed by atoms with Gasteiger partial charge in [0.2, 0.25) is 5.75 Å². The van der Waals surface area contributed by atoms with Crippen molar-refractivity contribution in [2.75, 3.05) is 19.5 Å². The number of methoxy groups -OCH3 is 2. The Morgan fingerprint density at radius 2 is 1.85 bits per heavy atom. The third-order valence-electron chi connectivity index (χ3n) is 2.90. The maximum atomic E-state index is 9.61. The quantitative estimate of drug-likeness (QED) is 0.732. The van der Waals surface area contributed by atoms with Crippen LogP contribution in [0.5, 0.6) is 23.0 Å². The van der Waals surface area contributed by atoms with Crippen LogP contribution in [0.4, 0.5) is 5.69 Å². The van der Waals surface area contributed by atoms with E-state index in [4.69, 9.17) is 9.47 Å². The van der Waals surface area contributed by atoms with E-state index in [-0.39, 0.29) is 17.2 Å². The average Bonchev–Trinajstić information content (AvgIpc) is 2.48. The van der Waals surface area contributed by atoms with E-state index in [1.807, 2.05) is 24.3 Å². The molecule has 0 radical (unpaired) electrons. The highest BCUT2D eigenvalue weighted by molar-refractivity contribution is 5.53. The number of phenols is 2. The normalized spacial score (nSPS) is 10.1. The van der Waals surface area contributed by atoms with Gasteiger partial charge in [0.25, 0.3) is 0 Å². The number of aromatic hydroxyl groups is 2. The molecule has 0 saturated heterocycles. The Kier molecular flexibility index (Phi) is 4.20. The van der Waals surface area contributed by atoms with Gasteiger partial charge in [-0.2, -0.15) is 0 Å². The van der Waals surface area contributed by atoms with E-state index in [9.17, 15) is 10.2 Å². The third kappa shape index (κ3) is 3.06. The van der Waals surface area contributed by atoms with Crippen LogP contribution in [0.15, 0.2) is 36.4 Å². The first-order chi connectivity index (χ1) is 9.63. The van der Waals surface area contributed by atoms with Gasteiger partial charge in [0.1, 0.15) is 5.75 Å². The first-order valence-corrected chi connectivity index (χ1v) is 6.11. The number of phenolic OH excluding ortho intramolecular Hbond substituents is 2. The molecule has 0 spiro atoms. The second-order valence-corrected chi connectivity index (χ2v) is 4.25. The number of rotatable bonds is 5. The number of ether oxygens (including phenoxy) is 2. The highest BCUT2D eigenvalue weighted by Crippen LogP contribution is 2.36. The van der Waals surface area contributed by atoms with Crippen LogP contribution in [0.1, 0.15) is 5.56 Å². The summed E-state index contributed by atoms with van der Waals surface area (Å²) < 4.78 is 10.1. The number of hydrogen-bond donors (Lipinski definition) is 3. The molecule has 2 aromatic rings. The molecule has 20 heavy (non-hydrogen) atoms. The predicted molar refractivity (Wildman–Crippen MR) is 76.6 cm³/mol. The minimum Gasteiger partial charge on any atom is -0.504 e. The minimum atomic E-state index is -0.252. The van der Waals surface area contributed by atoms with Gasteiger partial charge in [0, 0.05) is 18.3 Å². The molecule has 0 aliphatic carbocycles. The Morgan fingerprint density at radius 1 is 1.05 bits per heavy atom. The summed E-state index contributed by atoms with van der Waals surface area (Å²) >= 11 is 0. The van der Waals surface area contributed by atoms with Crippen molar-refractivity contribution >= 4 is 5.69 Å². The SMILES string of the molecule is COc1cccc(NCc2cc(O)c(O)c(OC)c2)c1. The lowest BCUT2D eigenvalue weighted by Crippen LogP contribution is -2.00.